The van der Waals surface area contributed by atoms with Crippen LogP contribution in [0.5, 0.6) is 11.5 Å². The molecule has 0 saturated heterocycles. The van der Waals surface area contributed by atoms with Crippen molar-refractivity contribution in [3.05, 3.63) is 70.3 Å². The first kappa shape index (κ1) is 22.9. The molecule has 1 aliphatic heterocycles. The van der Waals surface area contributed by atoms with E-state index in [0.29, 0.717) is 31.2 Å². The molecule has 2 aromatic heterocycles. The minimum Gasteiger partial charge on any atom is -0.497 e. The molecule has 3 aromatic rings. The molecular formula is C25H28N2O5S. The van der Waals surface area contributed by atoms with Crippen molar-refractivity contribution >= 4 is 23.2 Å². The van der Waals surface area contributed by atoms with Crippen LogP contribution in [-0.4, -0.2) is 55.0 Å². The fourth-order valence-corrected chi connectivity index (χ4v) is 5.00. The second kappa shape index (κ2) is 10.6. The van der Waals surface area contributed by atoms with Crippen molar-refractivity contribution in [1.29, 1.82) is 0 Å². The first-order chi connectivity index (χ1) is 16.1. The molecule has 4 rings (SSSR count). The van der Waals surface area contributed by atoms with Gasteiger partial charge in [-0.2, -0.15) is 0 Å². The van der Waals surface area contributed by atoms with E-state index in [1.165, 1.54) is 11.1 Å². The van der Waals surface area contributed by atoms with Crippen molar-refractivity contribution in [2.75, 3.05) is 33.4 Å². The van der Waals surface area contributed by atoms with Gasteiger partial charge >= 0.3 is 0 Å². The number of carbonyl (C=O) groups is 2. The summed E-state index contributed by atoms with van der Waals surface area (Å²) in [7, 11) is 1.62. The van der Waals surface area contributed by atoms with Crippen LogP contribution in [0.1, 0.15) is 40.4 Å². The maximum atomic E-state index is 13.4. The van der Waals surface area contributed by atoms with E-state index in [4.69, 9.17) is 13.9 Å². The minimum absolute atomic E-state index is 0.00248. The van der Waals surface area contributed by atoms with E-state index in [1.807, 2.05) is 36.1 Å². The fraction of sp³-hybridized carbons (Fsp3) is 0.360. The van der Waals surface area contributed by atoms with Crippen molar-refractivity contribution in [3.63, 3.8) is 0 Å². The Morgan fingerprint density at radius 3 is 2.82 bits per heavy atom. The molecule has 3 heterocycles. The number of rotatable bonds is 9. The van der Waals surface area contributed by atoms with Crippen molar-refractivity contribution in [1.82, 2.24) is 9.80 Å². The van der Waals surface area contributed by atoms with Gasteiger partial charge in [-0.05, 0) is 54.1 Å². The van der Waals surface area contributed by atoms with Gasteiger partial charge in [0.25, 0.3) is 5.91 Å². The number of furan rings is 1. The first-order valence-corrected chi connectivity index (χ1v) is 11.9. The SMILES string of the molecule is CCCN(CC(=O)N1CCc2sccc2[C@H]1COc1cccc(OC)c1)C(=O)c1ccco1. The van der Waals surface area contributed by atoms with Gasteiger partial charge in [-0.1, -0.05) is 13.0 Å². The number of carbonyl (C=O) groups excluding carboxylic acids is 2. The fourth-order valence-electron chi connectivity index (χ4n) is 4.07. The summed E-state index contributed by atoms with van der Waals surface area (Å²) < 4.78 is 16.6. The molecule has 0 N–H and O–H groups in total. The Morgan fingerprint density at radius 2 is 2.06 bits per heavy atom. The van der Waals surface area contributed by atoms with Crippen LogP contribution in [0.3, 0.4) is 0 Å². The van der Waals surface area contributed by atoms with Gasteiger partial charge in [0.2, 0.25) is 5.91 Å². The standard InChI is InChI=1S/C25H28N2O5S/c1-3-11-26(25(29)22-8-5-13-31-22)16-24(28)27-12-9-23-20(10-14-33-23)21(27)17-32-19-7-4-6-18(15-19)30-2/h4-8,10,13-15,21H,3,9,11-12,16-17H2,1-2H3/t21-/m1/s1. The van der Waals surface area contributed by atoms with E-state index in [1.54, 1.807) is 35.5 Å². The number of nitrogens with zero attached hydrogens (tertiary/aromatic N) is 2. The molecular weight excluding hydrogens is 440 g/mol. The third kappa shape index (κ3) is 5.22. The highest BCUT2D eigenvalue weighted by molar-refractivity contribution is 7.10. The molecule has 0 fully saturated rings. The Labute approximate surface area is 197 Å². The third-order valence-electron chi connectivity index (χ3n) is 5.70. The number of benzene rings is 1. The maximum Gasteiger partial charge on any atom is 0.290 e. The van der Waals surface area contributed by atoms with E-state index >= 15 is 0 Å². The van der Waals surface area contributed by atoms with Crippen LogP contribution in [0.4, 0.5) is 0 Å². The van der Waals surface area contributed by atoms with Crippen molar-refractivity contribution in [2.45, 2.75) is 25.8 Å². The number of amides is 2. The van der Waals surface area contributed by atoms with Gasteiger partial charge in [0, 0.05) is 24.0 Å². The Hall–Kier alpha value is -3.26. The first-order valence-electron chi connectivity index (χ1n) is 11.1. The van der Waals surface area contributed by atoms with Gasteiger partial charge in [-0.15, -0.1) is 11.3 Å². The Balaban J connectivity index is 1.51. The average molecular weight is 469 g/mol. The molecule has 2 amide bonds. The molecule has 1 atom stereocenters. The van der Waals surface area contributed by atoms with Crippen LogP contribution in [0, 0.1) is 0 Å². The van der Waals surface area contributed by atoms with Gasteiger partial charge in [0.05, 0.1) is 19.4 Å². The zero-order chi connectivity index (χ0) is 23.2. The van der Waals surface area contributed by atoms with Crippen LogP contribution >= 0.6 is 11.3 Å². The number of fused-ring (bicyclic) bond motifs is 1. The smallest absolute Gasteiger partial charge is 0.290 e. The van der Waals surface area contributed by atoms with Gasteiger partial charge in [0.1, 0.15) is 24.7 Å². The lowest BCUT2D eigenvalue weighted by Crippen LogP contribution is -2.48. The lowest BCUT2D eigenvalue weighted by molar-refractivity contribution is -0.135. The summed E-state index contributed by atoms with van der Waals surface area (Å²) in [5.41, 5.74) is 1.11. The highest BCUT2D eigenvalue weighted by Gasteiger charge is 2.33. The number of hydrogen-bond acceptors (Lipinski definition) is 6. The number of ether oxygens (including phenoxy) is 2. The summed E-state index contributed by atoms with van der Waals surface area (Å²) >= 11 is 1.71. The molecule has 0 aliphatic carbocycles. The molecule has 174 valence electrons. The van der Waals surface area contributed by atoms with Crippen LogP contribution in [0.15, 0.2) is 58.5 Å². The van der Waals surface area contributed by atoms with E-state index in [0.717, 1.165) is 18.4 Å². The summed E-state index contributed by atoms with van der Waals surface area (Å²) in [6, 6.07) is 12.6. The van der Waals surface area contributed by atoms with Crippen molar-refractivity contribution in [3.8, 4) is 11.5 Å². The maximum absolute atomic E-state index is 13.4. The van der Waals surface area contributed by atoms with Crippen LogP contribution in [0.2, 0.25) is 0 Å². The van der Waals surface area contributed by atoms with Gasteiger partial charge in [-0.3, -0.25) is 9.59 Å². The molecule has 0 spiro atoms. The monoisotopic (exact) mass is 468 g/mol. The minimum atomic E-state index is -0.271. The summed E-state index contributed by atoms with van der Waals surface area (Å²) in [4.78, 5) is 31.0. The summed E-state index contributed by atoms with van der Waals surface area (Å²) in [6.45, 7) is 3.38. The second-order valence-corrected chi connectivity index (χ2v) is 8.85. The molecule has 0 saturated carbocycles. The number of methoxy groups -OCH3 is 1. The van der Waals surface area contributed by atoms with Crippen LogP contribution in [-0.2, 0) is 11.2 Å². The molecule has 1 aliphatic rings. The molecule has 0 radical (unpaired) electrons. The molecule has 1 aromatic carbocycles. The van der Waals surface area contributed by atoms with Crippen molar-refractivity contribution < 1.29 is 23.5 Å². The lowest BCUT2D eigenvalue weighted by atomic mass is 10.0. The van der Waals surface area contributed by atoms with E-state index in [9.17, 15) is 9.59 Å². The largest absolute Gasteiger partial charge is 0.497 e. The van der Waals surface area contributed by atoms with E-state index in [-0.39, 0.29) is 30.2 Å². The number of thiophene rings is 1. The average Bonchev–Trinajstić information content (AvgIpc) is 3.54. The van der Waals surface area contributed by atoms with E-state index in [2.05, 4.69) is 11.4 Å². The Bertz CT molecular complexity index is 1080. The quantitative estimate of drug-likeness (QED) is 0.465. The highest BCUT2D eigenvalue weighted by Crippen LogP contribution is 2.34. The topological polar surface area (TPSA) is 72.2 Å². The van der Waals surface area contributed by atoms with E-state index < -0.39 is 0 Å². The molecule has 8 heteroatoms. The normalized spacial score (nSPS) is 15.1. The Morgan fingerprint density at radius 1 is 1.21 bits per heavy atom. The second-order valence-electron chi connectivity index (χ2n) is 7.85. The highest BCUT2D eigenvalue weighted by atomic mass is 32.1. The van der Waals surface area contributed by atoms with Gasteiger partial charge in [-0.25, -0.2) is 0 Å². The summed E-state index contributed by atoms with van der Waals surface area (Å²) in [6.07, 6.45) is 3.01. The zero-order valence-electron chi connectivity index (χ0n) is 18.9. The predicted octanol–water partition coefficient (Wildman–Crippen LogP) is 4.41. The third-order valence-corrected chi connectivity index (χ3v) is 6.70. The molecule has 0 unspecified atom stereocenters. The van der Waals surface area contributed by atoms with Gasteiger partial charge < -0.3 is 23.7 Å². The van der Waals surface area contributed by atoms with Crippen molar-refractivity contribution in [2.24, 2.45) is 0 Å². The van der Waals surface area contributed by atoms with Gasteiger partial charge in [0.15, 0.2) is 5.76 Å². The molecule has 7 nitrogen and oxygen atoms in total. The summed E-state index contributed by atoms with van der Waals surface area (Å²) in [5.74, 6) is 1.27. The lowest BCUT2D eigenvalue weighted by Gasteiger charge is -2.37. The molecule has 33 heavy (non-hydrogen) atoms. The zero-order valence-corrected chi connectivity index (χ0v) is 19.7. The predicted molar refractivity (Wildman–Crippen MR) is 126 cm³/mol. The van der Waals surface area contributed by atoms with Crippen LogP contribution in [0.25, 0.3) is 0 Å². The summed E-state index contributed by atoms with van der Waals surface area (Å²) in [5, 5.41) is 2.06. The number of hydrogen-bond donors (Lipinski definition) is 0. The molecule has 0 bridgehead atoms. The van der Waals surface area contributed by atoms with Crippen LogP contribution < -0.4 is 9.47 Å². The Kier molecular flexibility index (Phi) is 7.34.